The van der Waals surface area contributed by atoms with Crippen molar-refractivity contribution in [3.8, 4) is 5.75 Å². The van der Waals surface area contributed by atoms with Crippen LogP contribution in [0.5, 0.6) is 5.75 Å². The van der Waals surface area contributed by atoms with E-state index in [4.69, 9.17) is 16.3 Å². The zero-order chi connectivity index (χ0) is 17.3. The van der Waals surface area contributed by atoms with Crippen LogP contribution in [0.15, 0.2) is 36.4 Å². The van der Waals surface area contributed by atoms with Crippen molar-refractivity contribution in [3.05, 3.63) is 58.1 Å². The summed E-state index contributed by atoms with van der Waals surface area (Å²) < 4.78 is 5.62. The summed E-state index contributed by atoms with van der Waals surface area (Å²) in [5.74, 6) is 0.408. The molecule has 0 bridgehead atoms. The Kier molecular flexibility index (Phi) is 4.58. The van der Waals surface area contributed by atoms with Crippen molar-refractivity contribution < 1.29 is 14.3 Å². The van der Waals surface area contributed by atoms with Gasteiger partial charge in [0.1, 0.15) is 5.75 Å². The molecule has 1 aliphatic carbocycles. The minimum absolute atomic E-state index is 0.0720. The van der Waals surface area contributed by atoms with Crippen LogP contribution in [0.2, 0.25) is 5.02 Å². The van der Waals surface area contributed by atoms with Gasteiger partial charge in [0.05, 0.1) is 16.3 Å². The van der Waals surface area contributed by atoms with Gasteiger partial charge in [-0.2, -0.15) is 0 Å². The monoisotopic (exact) mass is 343 g/mol. The van der Waals surface area contributed by atoms with Gasteiger partial charge in [-0.05, 0) is 42.2 Å². The second-order valence-electron chi connectivity index (χ2n) is 6.01. The third-order valence-corrected chi connectivity index (χ3v) is 4.52. The smallest absolute Gasteiger partial charge is 0.262 e. The first-order valence-electron chi connectivity index (χ1n) is 7.81. The molecule has 0 fully saturated rings. The number of Topliss-reactive ketones (excluding diaryl/α,β-unsaturated/α-hetero) is 1. The summed E-state index contributed by atoms with van der Waals surface area (Å²) in [6.45, 7) is 3.84. The van der Waals surface area contributed by atoms with Crippen molar-refractivity contribution >= 4 is 29.0 Å². The highest BCUT2D eigenvalue weighted by atomic mass is 35.5. The Morgan fingerprint density at radius 1 is 1.29 bits per heavy atom. The molecule has 1 aliphatic rings. The summed E-state index contributed by atoms with van der Waals surface area (Å²) in [7, 11) is 0. The molecule has 124 valence electrons. The Morgan fingerprint density at radius 3 is 2.79 bits per heavy atom. The summed E-state index contributed by atoms with van der Waals surface area (Å²) in [5, 5.41) is 3.16. The highest BCUT2D eigenvalue weighted by molar-refractivity contribution is 6.33. The first-order valence-corrected chi connectivity index (χ1v) is 8.19. The number of anilines is 1. The molecule has 0 saturated heterocycles. The predicted molar refractivity (Wildman–Crippen MR) is 94.1 cm³/mol. The highest BCUT2D eigenvalue weighted by Gasteiger charge is 2.31. The van der Waals surface area contributed by atoms with Gasteiger partial charge in [-0.3, -0.25) is 9.59 Å². The van der Waals surface area contributed by atoms with Gasteiger partial charge in [-0.1, -0.05) is 36.7 Å². The van der Waals surface area contributed by atoms with Gasteiger partial charge < -0.3 is 10.1 Å². The van der Waals surface area contributed by atoms with Gasteiger partial charge in [0, 0.05) is 6.42 Å². The number of benzene rings is 2. The lowest BCUT2D eigenvalue weighted by Gasteiger charge is -2.13. The second kappa shape index (κ2) is 6.65. The molecule has 1 atom stereocenters. The maximum atomic E-state index is 12.2. The second-order valence-corrected chi connectivity index (χ2v) is 6.42. The largest absolute Gasteiger partial charge is 0.483 e. The summed E-state index contributed by atoms with van der Waals surface area (Å²) in [5.41, 5.74) is 3.26. The van der Waals surface area contributed by atoms with Crippen LogP contribution in [0.1, 0.15) is 40.7 Å². The number of hydrogen-bond donors (Lipinski definition) is 1. The summed E-state index contributed by atoms with van der Waals surface area (Å²) >= 11 is 6.01. The van der Waals surface area contributed by atoms with E-state index >= 15 is 0 Å². The Labute approximate surface area is 145 Å². The Balaban J connectivity index is 1.73. The fourth-order valence-corrected chi connectivity index (χ4v) is 3.30. The van der Waals surface area contributed by atoms with Crippen molar-refractivity contribution in [3.63, 3.8) is 0 Å². The third-order valence-electron chi connectivity index (χ3n) is 4.20. The molecule has 0 aliphatic heterocycles. The number of hydrogen-bond acceptors (Lipinski definition) is 3. The van der Waals surface area contributed by atoms with Crippen LogP contribution in [0, 0.1) is 6.92 Å². The average molecular weight is 344 g/mol. The minimum atomic E-state index is -0.323. The van der Waals surface area contributed by atoms with Crippen LogP contribution in [-0.2, 0) is 4.79 Å². The summed E-state index contributed by atoms with van der Waals surface area (Å²) in [6, 6.07) is 10.7. The molecule has 0 saturated carbocycles. The first-order chi connectivity index (χ1) is 11.5. The lowest BCUT2D eigenvalue weighted by Crippen LogP contribution is -2.21. The molecule has 24 heavy (non-hydrogen) atoms. The molecule has 0 heterocycles. The number of nitrogens with one attached hydrogen (secondary N) is 1. The molecule has 0 aromatic heterocycles. The quantitative estimate of drug-likeness (QED) is 0.897. The van der Waals surface area contributed by atoms with Crippen molar-refractivity contribution in [2.45, 2.75) is 26.2 Å². The van der Waals surface area contributed by atoms with E-state index < -0.39 is 0 Å². The predicted octanol–water partition coefficient (Wildman–Crippen LogP) is 4.36. The lowest BCUT2D eigenvalue weighted by molar-refractivity contribution is -0.118. The molecule has 4 nitrogen and oxygen atoms in total. The Morgan fingerprint density at radius 2 is 2.04 bits per heavy atom. The number of amides is 1. The number of ether oxygens (including phenoxy) is 1. The van der Waals surface area contributed by atoms with Crippen LogP contribution in [-0.4, -0.2) is 18.3 Å². The van der Waals surface area contributed by atoms with E-state index in [-0.39, 0.29) is 24.2 Å². The van der Waals surface area contributed by atoms with Crippen molar-refractivity contribution in [1.29, 1.82) is 0 Å². The maximum Gasteiger partial charge on any atom is 0.262 e. The normalized spacial score (nSPS) is 16.0. The van der Waals surface area contributed by atoms with Gasteiger partial charge in [-0.15, -0.1) is 0 Å². The standard InChI is InChI=1S/C19H18ClNO3/c1-11-7-8-16(19-15(22)9-12(2)18(11)19)24-10-17(23)21-14-6-4-3-5-13(14)20/h3-8,12H,9-10H2,1-2H3,(H,21,23). The molecular weight excluding hydrogens is 326 g/mol. The average Bonchev–Trinajstić information content (AvgIpc) is 2.85. The molecule has 2 aromatic carbocycles. The number of fused-ring (bicyclic) bond motifs is 1. The third kappa shape index (κ3) is 3.15. The van der Waals surface area contributed by atoms with Crippen LogP contribution in [0.4, 0.5) is 5.69 Å². The number of carbonyl (C=O) groups is 2. The van der Waals surface area contributed by atoms with Crippen LogP contribution in [0.3, 0.4) is 0 Å². The first kappa shape index (κ1) is 16.5. The minimum Gasteiger partial charge on any atom is -0.483 e. The van der Waals surface area contributed by atoms with E-state index in [2.05, 4.69) is 5.32 Å². The Hall–Kier alpha value is -2.33. The number of para-hydroxylation sites is 1. The number of ketones is 1. The van der Waals surface area contributed by atoms with Gasteiger partial charge >= 0.3 is 0 Å². The topological polar surface area (TPSA) is 55.4 Å². The number of rotatable bonds is 4. The molecule has 0 spiro atoms. The van der Waals surface area contributed by atoms with Gasteiger partial charge in [-0.25, -0.2) is 0 Å². The zero-order valence-electron chi connectivity index (χ0n) is 13.6. The fraction of sp³-hybridized carbons (Fsp3) is 0.263. The SMILES string of the molecule is Cc1ccc(OCC(=O)Nc2ccccc2Cl)c2c1C(C)CC2=O. The van der Waals surface area contributed by atoms with Crippen LogP contribution in [0.25, 0.3) is 0 Å². The molecule has 5 heteroatoms. The molecular formula is C19H18ClNO3. The molecule has 1 N–H and O–H groups in total. The fourth-order valence-electron chi connectivity index (χ4n) is 3.12. The van der Waals surface area contributed by atoms with Gasteiger partial charge in [0.25, 0.3) is 5.91 Å². The molecule has 3 rings (SSSR count). The summed E-state index contributed by atoms with van der Waals surface area (Å²) in [6.07, 6.45) is 0.488. The zero-order valence-corrected chi connectivity index (χ0v) is 14.3. The van der Waals surface area contributed by atoms with Gasteiger partial charge in [0.15, 0.2) is 12.4 Å². The molecule has 2 aromatic rings. The van der Waals surface area contributed by atoms with E-state index in [1.165, 1.54) is 0 Å². The van der Waals surface area contributed by atoms with E-state index in [1.807, 2.05) is 19.9 Å². The van der Waals surface area contributed by atoms with E-state index in [9.17, 15) is 9.59 Å². The number of carbonyl (C=O) groups excluding carboxylic acids is 2. The van der Waals surface area contributed by atoms with Gasteiger partial charge in [0.2, 0.25) is 0 Å². The maximum absolute atomic E-state index is 12.2. The van der Waals surface area contributed by atoms with E-state index in [0.29, 0.717) is 28.4 Å². The van der Waals surface area contributed by atoms with Crippen LogP contribution >= 0.6 is 11.6 Å². The van der Waals surface area contributed by atoms with Crippen molar-refractivity contribution in [2.75, 3.05) is 11.9 Å². The van der Waals surface area contributed by atoms with E-state index in [0.717, 1.165) is 11.1 Å². The number of aryl methyl sites for hydroxylation is 1. The molecule has 1 unspecified atom stereocenters. The van der Waals surface area contributed by atoms with E-state index in [1.54, 1.807) is 30.3 Å². The summed E-state index contributed by atoms with van der Waals surface area (Å²) in [4.78, 5) is 24.3. The van der Waals surface area contributed by atoms with Crippen molar-refractivity contribution in [1.82, 2.24) is 0 Å². The lowest BCUT2D eigenvalue weighted by atomic mass is 9.97. The number of halogens is 1. The highest BCUT2D eigenvalue weighted by Crippen LogP contribution is 2.40. The van der Waals surface area contributed by atoms with Crippen LogP contribution < -0.4 is 10.1 Å². The Bertz CT molecular complexity index is 816. The van der Waals surface area contributed by atoms with Crippen molar-refractivity contribution in [2.24, 2.45) is 0 Å². The molecule has 1 amide bonds. The molecule has 0 radical (unpaired) electrons.